The lowest BCUT2D eigenvalue weighted by molar-refractivity contribution is 0.0890. The fourth-order valence-corrected chi connectivity index (χ4v) is 5.20. The van der Waals surface area contributed by atoms with Gasteiger partial charge in [-0.1, -0.05) is 66.9 Å². The van der Waals surface area contributed by atoms with Crippen molar-refractivity contribution < 1.29 is 9.32 Å². The van der Waals surface area contributed by atoms with Crippen molar-refractivity contribution in [2.24, 2.45) is 0 Å². The van der Waals surface area contributed by atoms with Crippen LogP contribution in [-0.4, -0.2) is 35.1 Å². The molecule has 1 saturated heterocycles. The van der Waals surface area contributed by atoms with Crippen LogP contribution in [0.5, 0.6) is 0 Å². The van der Waals surface area contributed by atoms with Gasteiger partial charge in [-0.15, -0.1) is 0 Å². The second-order valence-electron chi connectivity index (χ2n) is 9.14. The molecular weight excluding hydrogens is 386 g/mol. The normalized spacial score (nSPS) is 20.7. The van der Waals surface area contributed by atoms with Gasteiger partial charge in [0.1, 0.15) is 0 Å². The Morgan fingerprint density at radius 2 is 1.87 bits per heavy atom. The van der Waals surface area contributed by atoms with E-state index in [0.29, 0.717) is 11.7 Å². The maximum absolute atomic E-state index is 12.6. The number of fused-ring (bicyclic) bond motifs is 1. The van der Waals surface area contributed by atoms with Crippen molar-refractivity contribution in [2.45, 2.75) is 63.5 Å². The minimum absolute atomic E-state index is 0.117. The van der Waals surface area contributed by atoms with Gasteiger partial charge in [-0.3, -0.25) is 9.69 Å². The van der Waals surface area contributed by atoms with Gasteiger partial charge in [0.05, 0.1) is 5.69 Å². The zero-order valence-electron chi connectivity index (χ0n) is 18.1. The number of amides is 1. The quantitative estimate of drug-likeness (QED) is 0.614. The average molecular weight is 418 g/mol. The van der Waals surface area contributed by atoms with Crippen LogP contribution < -0.4 is 5.32 Å². The molecule has 2 fully saturated rings. The van der Waals surface area contributed by atoms with E-state index < -0.39 is 0 Å². The summed E-state index contributed by atoms with van der Waals surface area (Å²) in [5.41, 5.74) is 2.28. The van der Waals surface area contributed by atoms with E-state index >= 15 is 0 Å². The first-order valence-electron chi connectivity index (χ1n) is 11.7. The van der Waals surface area contributed by atoms with Crippen molar-refractivity contribution in [3.05, 3.63) is 65.5 Å². The molecule has 0 radical (unpaired) electrons. The number of benzene rings is 2. The van der Waals surface area contributed by atoms with Crippen LogP contribution in [0.25, 0.3) is 10.8 Å². The molecule has 1 aliphatic heterocycles. The first-order valence-corrected chi connectivity index (χ1v) is 11.7. The molecule has 1 aromatic heterocycles. The molecule has 1 amide bonds. The number of hydrogen-bond acceptors (Lipinski definition) is 4. The van der Waals surface area contributed by atoms with E-state index in [9.17, 15) is 4.79 Å². The third-order valence-corrected chi connectivity index (χ3v) is 6.89. The first-order chi connectivity index (χ1) is 15.3. The van der Waals surface area contributed by atoms with Crippen molar-refractivity contribution in [3.63, 3.8) is 0 Å². The van der Waals surface area contributed by atoms with E-state index in [-0.39, 0.29) is 11.9 Å². The molecule has 1 atom stereocenters. The van der Waals surface area contributed by atoms with Gasteiger partial charge in [0.2, 0.25) is 5.76 Å². The van der Waals surface area contributed by atoms with Crippen LogP contribution in [0.15, 0.2) is 53.1 Å². The molecule has 2 aromatic carbocycles. The summed E-state index contributed by atoms with van der Waals surface area (Å²) in [6, 6.07) is 17.3. The molecule has 2 heterocycles. The number of piperidine rings is 1. The molecule has 3 aromatic rings. The smallest absolute Gasteiger partial charge is 0.290 e. The van der Waals surface area contributed by atoms with Gasteiger partial charge in [-0.25, -0.2) is 0 Å². The van der Waals surface area contributed by atoms with E-state index in [0.717, 1.165) is 51.0 Å². The highest BCUT2D eigenvalue weighted by molar-refractivity contribution is 5.91. The Kier molecular flexibility index (Phi) is 6.03. The van der Waals surface area contributed by atoms with Crippen LogP contribution in [0.4, 0.5) is 0 Å². The van der Waals surface area contributed by atoms with Crippen LogP contribution >= 0.6 is 0 Å². The monoisotopic (exact) mass is 417 g/mol. The van der Waals surface area contributed by atoms with Crippen LogP contribution in [0.3, 0.4) is 0 Å². The van der Waals surface area contributed by atoms with E-state index in [1.165, 1.54) is 35.6 Å². The number of hydrogen-bond donors (Lipinski definition) is 1. The first kappa shape index (κ1) is 20.3. The molecule has 0 bridgehead atoms. The molecule has 5 nitrogen and oxygen atoms in total. The van der Waals surface area contributed by atoms with Gasteiger partial charge in [0.15, 0.2) is 0 Å². The van der Waals surface area contributed by atoms with Crippen LogP contribution in [0, 0.1) is 0 Å². The minimum Gasteiger partial charge on any atom is -0.351 e. The highest BCUT2D eigenvalue weighted by Gasteiger charge is 2.26. The summed E-state index contributed by atoms with van der Waals surface area (Å²) in [7, 11) is 0. The van der Waals surface area contributed by atoms with Gasteiger partial charge in [0.25, 0.3) is 5.91 Å². The third-order valence-electron chi connectivity index (χ3n) is 6.89. The molecule has 31 heavy (non-hydrogen) atoms. The standard InChI is InChI=1S/C26H31N3O2/c30-26(27-22-12-2-1-3-13-22)25-16-24(28-31-25)21-11-7-15-29(18-21)17-20-10-6-9-19-8-4-5-14-23(19)20/h4-6,8-10,14,16,21-22H,1-3,7,11-13,15,17-18H2,(H,27,30). The Hall–Kier alpha value is -2.66. The Bertz CT molecular complexity index is 1030. The third kappa shape index (κ3) is 4.67. The zero-order valence-corrected chi connectivity index (χ0v) is 18.1. The Morgan fingerprint density at radius 1 is 1.03 bits per heavy atom. The molecule has 0 spiro atoms. The van der Waals surface area contributed by atoms with Crippen molar-refractivity contribution in [1.82, 2.24) is 15.4 Å². The van der Waals surface area contributed by atoms with Gasteiger partial charge in [-0.05, 0) is 48.6 Å². The lowest BCUT2D eigenvalue weighted by atomic mass is 9.93. The molecule has 1 N–H and O–H groups in total. The molecule has 1 saturated carbocycles. The summed E-state index contributed by atoms with van der Waals surface area (Å²) >= 11 is 0. The summed E-state index contributed by atoms with van der Waals surface area (Å²) in [5.74, 6) is 0.546. The van der Waals surface area contributed by atoms with E-state index in [4.69, 9.17) is 4.52 Å². The predicted octanol–water partition coefficient (Wildman–Crippen LogP) is 5.27. The highest BCUT2D eigenvalue weighted by Crippen LogP contribution is 2.29. The van der Waals surface area contributed by atoms with Crippen molar-refractivity contribution >= 4 is 16.7 Å². The van der Waals surface area contributed by atoms with Crippen LogP contribution in [-0.2, 0) is 6.54 Å². The maximum atomic E-state index is 12.6. The molecule has 1 aliphatic carbocycles. The summed E-state index contributed by atoms with van der Waals surface area (Å²) in [6.07, 6.45) is 8.02. The van der Waals surface area contributed by atoms with Gasteiger partial charge in [-0.2, -0.15) is 0 Å². The van der Waals surface area contributed by atoms with E-state index in [1.807, 2.05) is 6.07 Å². The maximum Gasteiger partial charge on any atom is 0.290 e. The SMILES string of the molecule is O=C(NC1CCCCC1)c1cc(C2CCCN(Cc3cccc4ccccc34)C2)no1. The van der Waals surface area contributed by atoms with Gasteiger partial charge >= 0.3 is 0 Å². The fourth-order valence-electron chi connectivity index (χ4n) is 5.20. The second-order valence-corrected chi connectivity index (χ2v) is 9.14. The molecule has 5 rings (SSSR count). The second kappa shape index (κ2) is 9.23. The number of carbonyl (C=O) groups excluding carboxylic acids is 1. The molecular formula is C26H31N3O2. The summed E-state index contributed by atoms with van der Waals surface area (Å²) in [6.45, 7) is 2.97. The van der Waals surface area contributed by atoms with Crippen molar-refractivity contribution in [2.75, 3.05) is 13.1 Å². The minimum atomic E-state index is -0.117. The van der Waals surface area contributed by atoms with Gasteiger partial charge < -0.3 is 9.84 Å². The van der Waals surface area contributed by atoms with Crippen LogP contribution in [0.2, 0.25) is 0 Å². The molecule has 1 unspecified atom stereocenters. The molecule has 5 heteroatoms. The van der Waals surface area contributed by atoms with E-state index in [2.05, 4.69) is 57.8 Å². The number of nitrogens with zero attached hydrogens (tertiary/aromatic N) is 2. The lowest BCUT2D eigenvalue weighted by Gasteiger charge is -2.32. The van der Waals surface area contributed by atoms with Crippen LogP contribution in [0.1, 0.15) is 72.7 Å². The Morgan fingerprint density at radius 3 is 2.77 bits per heavy atom. The molecule has 162 valence electrons. The fraction of sp³-hybridized carbons (Fsp3) is 0.462. The van der Waals surface area contributed by atoms with Gasteiger partial charge in [0, 0.05) is 31.1 Å². The summed E-state index contributed by atoms with van der Waals surface area (Å²) in [4.78, 5) is 15.1. The topological polar surface area (TPSA) is 58.4 Å². The molecule has 2 aliphatic rings. The Labute approximate surface area is 183 Å². The number of aromatic nitrogens is 1. The van der Waals surface area contributed by atoms with Crippen molar-refractivity contribution in [3.8, 4) is 0 Å². The summed E-state index contributed by atoms with van der Waals surface area (Å²) in [5, 5.41) is 10.0. The Balaban J connectivity index is 1.24. The average Bonchev–Trinajstić information content (AvgIpc) is 3.31. The highest BCUT2D eigenvalue weighted by atomic mass is 16.5. The number of rotatable bonds is 5. The van der Waals surface area contributed by atoms with E-state index in [1.54, 1.807) is 0 Å². The zero-order chi connectivity index (χ0) is 21.0. The number of nitrogens with one attached hydrogen (secondary N) is 1. The predicted molar refractivity (Wildman–Crippen MR) is 122 cm³/mol. The number of likely N-dealkylation sites (tertiary alicyclic amines) is 1. The van der Waals surface area contributed by atoms with Crippen molar-refractivity contribution in [1.29, 1.82) is 0 Å². The lowest BCUT2D eigenvalue weighted by Crippen LogP contribution is -2.36. The number of carbonyl (C=O) groups is 1. The largest absolute Gasteiger partial charge is 0.351 e. The summed E-state index contributed by atoms with van der Waals surface area (Å²) < 4.78 is 5.45.